The number of carbonyl (C=O) groups is 1. The highest BCUT2D eigenvalue weighted by atomic mass is 16.2. The maximum Gasteiger partial charge on any atom is 0.256 e. The van der Waals surface area contributed by atoms with Crippen molar-refractivity contribution in [2.75, 3.05) is 33.7 Å². The number of piperidine rings is 1. The Morgan fingerprint density at radius 2 is 2.37 bits per heavy atom. The van der Waals surface area contributed by atoms with Gasteiger partial charge in [0.2, 0.25) is 0 Å². The maximum absolute atomic E-state index is 12.2. The van der Waals surface area contributed by atoms with Crippen molar-refractivity contribution in [1.29, 1.82) is 0 Å². The van der Waals surface area contributed by atoms with E-state index in [0.717, 1.165) is 25.2 Å². The summed E-state index contributed by atoms with van der Waals surface area (Å²) in [5.74, 6) is 0.00187. The number of rotatable bonds is 4. The zero-order valence-electron chi connectivity index (χ0n) is 11.7. The van der Waals surface area contributed by atoms with Crippen LogP contribution in [0.2, 0.25) is 0 Å². The van der Waals surface area contributed by atoms with Gasteiger partial charge in [-0.2, -0.15) is 5.10 Å². The summed E-state index contributed by atoms with van der Waals surface area (Å²) in [6.45, 7) is 2.54. The molecule has 6 nitrogen and oxygen atoms in total. The zero-order chi connectivity index (χ0) is 13.8. The average Bonchev–Trinajstić information content (AvgIpc) is 2.87. The van der Waals surface area contributed by atoms with Gasteiger partial charge in [-0.3, -0.25) is 14.8 Å². The number of aromatic nitrogens is 2. The van der Waals surface area contributed by atoms with Crippen LogP contribution in [0.25, 0.3) is 0 Å². The van der Waals surface area contributed by atoms with Gasteiger partial charge in [-0.25, -0.2) is 0 Å². The maximum atomic E-state index is 12.2. The lowest BCUT2D eigenvalue weighted by molar-refractivity contribution is 0.0820. The second-order valence-corrected chi connectivity index (χ2v) is 5.23. The Morgan fingerprint density at radius 1 is 1.58 bits per heavy atom. The van der Waals surface area contributed by atoms with E-state index in [1.54, 1.807) is 25.2 Å². The zero-order valence-corrected chi connectivity index (χ0v) is 11.7. The van der Waals surface area contributed by atoms with Gasteiger partial charge in [-0.15, -0.1) is 0 Å². The summed E-state index contributed by atoms with van der Waals surface area (Å²) >= 11 is 0. The SMILES string of the molecule is CN(C)C(=O)c1cn[nH]c1C1CCCCN1CCN. The molecule has 0 spiro atoms. The number of hydrogen-bond donors (Lipinski definition) is 2. The summed E-state index contributed by atoms with van der Waals surface area (Å²) in [6.07, 6.45) is 5.06. The number of nitrogens with one attached hydrogen (secondary N) is 1. The molecular formula is C13H23N5O. The third kappa shape index (κ3) is 2.96. The molecule has 1 saturated heterocycles. The van der Waals surface area contributed by atoms with Gasteiger partial charge in [0.15, 0.2) is 0 Å². The number of aromatic amines is 1. The predicted molar refractivity (Wildman–Crippen MR) is 73.8 cm³/mol. The number of H-pyrrole nitrogens is 1. The molecule has 6 heteroatoms. The number of carbonyl (C=O) groups excluding carboxylic acids is 1. The number of hydrogen-bond acceptors (Lipinski definition) is 4. The molecule has 2 rings (SSSR count). The van der Waals surface area contributed by atoms with Gasteiger partial charge >= 0.3 is 0 Å². The fourth-order valence-corrected chi connectivity index (χ4v) is 2.71. The van der Waals surface area contributed by atoms with Gasteiger partial charge in [0, 0.05) is 27.2 Å². The molecule has 106 valence electrons. The third-order valence-corrected chi connectivity index (χ3v) is 3.67. The molecule has 1 amide bonds. The molecule has 19 heavy (non-hydrogen) atoms. The van der Waals surface area contributed by atoms with E-state index in [1.807, 2.05) is 0 Å². The van der Waals surface area contributed by atoms with E-state index >= 15 is 0 Å². The predicted octanol–water partition coefficient (Wildman–Crippen LogP) is 0.597. The van der Waals surface area contributed by atoms with Gasteiger partial charge < -0.3 is 10.6 Å². The molecular weight excluding hydrogens is 242 g/mol. The number of likely N-dealkylation sites (tertiary alicyclic amines) is 1. The van der Waals surface area contributed by atoms with E-state index in [1.165, 1.54) is 12.8 Å². The average molecular weight is 265 g/mol. The van der Waals surface area contributed by atoms with Gasteiger partial charge in [0.25, 0.3) is 5.91 Å². The molecule has 0 radical (unpaired) electrons. The summed E-state index contributed by atoms with van der Waals surface area (Å²) in [5, 5.41) is 7.08. The molecule has 1 fully saturated rings. The largest absolute Gasteiger partial charge is 0.345 e. The summed E-state index contributed by atoms with van der Waals surface area (Å²) in [5.41, 5.74) is 7.29. The van der Waals surface area contributed by atoms with Crippen LogP contribution in [0.3, 0.4) is 0 Å². The van der Waals surface area contributed by atoms with Crippen molar-refractivity contribution in [3.05, 3.63) is 17.5 Å². The number of nitrogens with two attached hydrogens (primary N) is 1. The van der Waals surface area contributed by atoms with Gasteiger partial charge in [0.05, 0.1) is 23.5 Å². The van der Waals surface area contributed by atoms with Crippen LogP contribution in [0, 0.1) is 0 Å². The first-order valence-corrected chi connectivity index (χ1v) is 6.84. The van der Waals surface area contributed by atoms with Crippen molar-refractivity contribution in [3.63, 3.8) is 0 Å². The molecule has 1 aliphatic rings. The Bertz CT molecular complexity index is 426. The van der Waals surface area contributed by atoms with Crippen molar-refractivity contribution in [1.82, 2.24) is 20.0 Å². The van der Waals surface area contributed by atoms with Crippen LogP contribution in [-0.4, -0.2) is 59.6 Å². The van der Waals surface area contributed by atoms with Crippen LogP contribution in [0.15, 0.2) is 6.20 Å². The summed E-state index contributed by atoms with van der Waals surface area (Å²) < 4.78 is 0. The van der Waals surface area contributed by atoms with E-state index in [2.05, 4.69) is 15.1 Å². The van der Waals surface area contributed by atoms with E-state index in [0.29, 0.717) is 12.1 Å². The standard InChI is InChI=1S/C13H23N5O/c1-17(2)13(19)10-9-15-16-12(10)11-5-3-4-7-18(11)8-6-14/h9,11H,3-8,14H2,1-2H3,(H,15,16). The lowest BCUT2D eigenvalue weighted by atomic mass is 9.96. The fraction of sp³-hybridized carbons (Fsp3) is 0.692. The summed E-state index contributed by atoms with van der Waals surface area (Å²) in [6, 6.07) is 0.235. The van der Waals surface area contributed by atoms with Crippen LogP contribution in [0.5, 0.6) is 0 Å². The summed E-state index contributed by atoms with van der Waals surface area (Å²) in [7, 11) is 3.52. The monoisotopic (exact) mass is 265 g/mol. The molecule has 2 heterocycles. The Balaban J connectivity index is 2.24. The first-order chi connectivity index (χ1) is 9.15. The smallest absolute Gasteiger partial charge is 0.256 e. The highest BCUT2D eigenvalue weighted by molar-refractivity contribution is 5.94. The minimum Gasteiger partial charge on any atom is -0.345 e. The minimum absolute atomic E-state index is 0.00187. The second-order valence-electron chi connectivity index (χ2n) is 5.23. The Kier molecular flexibility index (Phi) is 4.55. The second kappa shape index (κ2) is 6.16. The Hall–Kier alpha value is -1.40. The fourth-order valence-electron chi connectivity index (χ4n) is 2.71. The van der Waals surface area contributed by atoms with Crippen LogP contribution in [0.4, 0.5) is 0 Å². The molecule has 0 bridgehead atoms. The molecule has 1 aromatic heterocycles. The normalized spacial score (nSPS) is 20.5. The molecule has 0 aromatic carbocycles. The van der Waals surface area contributed by atoms with Crippen molar-refractivity contribution < 1.29 is 4.79 Å². The van der Waals surface area contributed by atoms with Crippen LogP contribution < -0.4 is 5.73 Å². The van der Waals surface area contributed by atoms with Crippen LogP contribution in [0.1, 0.15) is 41.4 Å². The number of nitrogens with zero attached hydrogens (tertiary/aromatic N) is 3. The van der Waals surface area contributed by atoms with Crippen LogP contribution in [-0.2, 0) is 0 Å². The quantitative estimate of drug-likeness (QED) is 0.835. The van der Waals surface area contributed by atoms with E-state index in [-0.39, 0.29) is 11.9 Å². The van der Waals surface area contributed by atoms with E-state index in [4.69, 9.17) is 5.73 Å². The molecule has 0 saturated carbocycles. The molecule has 1 atom stereocenters. The van der Waals surface area contributed by atoms with E-state index in [9.17, 15) is 4.79 Å². The highest BCUT2D eigenvalue weighted by Crippen LogP contribution is 2.31. The van der Waals surface area contributed by atoms with Crippen molar-refractivity contribution in [2.45, 2.75) is 25.3 Å². The lowest BCUT2D eigenvalue weighted by Crippen LogP contribution is -2.38. The minimum atomic E-state index is 0.00187. The number of amides is 1. The van der Waals surface area contributed by atoms with E-state index < -0.39 is 0 Å². The highest BCUT2D eigenvalue weighted by Gasteiger charge is 2.29. The first-order valence-electron chi connectivity index (χ1n) is 6.84. The van der Waals surface area contributed by atoms with Crippen LogP contribution >= 0.6 is 0 Å². The lowest BCUT2D eigenvalue weighted by Gasteiger charge is -2.35. The van der Waals surface area contributed by atoms with Crippen molar-refractivity contribution in [3.8, 4) is 0 Å². The van der Waals surface area contributed by atoms with Crippen molar-refractivity contribution >= 4 is 5.91 Å². The van der Waals surface area contributed by atoms with Crippen molar-refractivity contribution in [2.24, 2.45) is 5.73 Å². The molecule has 0 aliphatic carbocycles. The summed E-state index contributed by atoms with van der Waals surface area (Å²) in [4.78, 5) is 16.1. The molecule has 1 aliphatic heterocycles. The molecule has 1 aromatic rings. The topological polar surface area (TPSA) is 78.2 Å². The first kappa shape index (κ1) is 14.0. The van der Waals surface area contributed by atoms with Gasteiger partial charge in [-0.05, 0) is 19.4 Å². The Labute approximate surface area is 113 Å². The van der Waals surface area contributed by atoms with Gasteiger partial charge in [0.1, 0.15) is 0 Å². The molecule has 3 N–H and O–H groups in total. The third-order valence-electron chi connectivity index (χ3n) is 3.67. The molecule has 1 unspecified atom stereocenters. The Morgan fingerprint density at radius 3 is 3.05 bits per heavy atom. The van der Waals surface area contributed by atoms with Gasteiger partial charge in [-0.1, -0.05) is 6.42 Å².